The summed E-state index contributed by atoms with van der Waals surface area (Å²) in [6.45, 7) is -0.0964. The normalized spacial score (nSPS) is 11.0. The van der Waals surface area contributed by atoms with E-state index in [4.69, 9.17) is 0 Å². The van der Waals surface area contributed by atoms with Gasteiger partial charge < -0.3 is 9.88 Å². The third-order valence-corrected chi connectivity index (χ3v) is 3.62. The highest BCUT2D eigenvalue weighted by Gasteiger charge is 2.10. The summed E-state index contributed by atoms with van der Waals surface area (Å²) >= 11 is 0. The second-order valence-corrected chi connectivity index (χ2v) is 5.20. The topological polar surface area (TPSA) is 94.2 Å². The lowest BCUT2D eigenvalue weighted by Crippen LogP contribution is -2.27. The minimum absolute atomic E-state index is 0.0964. The van der Waals surface area contributed by atoms with Crippen molar-refractivity contribution in [1.82, 2.24) is 24.1 Å². The van der Waals surface area contributed by atoms with E-state index in [0.29, 0.717) is 22.2 Å². The van der Waals surface area contributed by atoms with Gasteiger partial charge in [-0.05, 0) is 18.2 Å². The van der Waals surface area contributed by atoms with Crippen LogP contribution in [0.1, 0.15) is 0 Å². The number of carbonyl (C=O) groups excluding carboxylic acids is 1. The number of nitrogens with one attached hydrogen (secondary N) is 1. The third kappa shape index (κ3) is 2.39. The molecule has 0 saturated heterocycles. The van der Waals surface area contributed by atoms with E-state index >= 15 is 0 Å². The first-order valence-electron chi connectivity index (χ1n) is 7.24. The fraction of sp³-hybridized carbons (Fsp3) is 0.0625. The van der Waals surface area contributed by atoms with Crippen LogP contribution in [0.15, 0.2) is 60.0 Å². The summed E-state index contributed by atoms with van der Waals surface area (Å²) in [4.78, 5) is 32.8. The van der Waals surface area contributed by atoms with Crippen molar-refractivity contribution >= 4 is 28.1 Å². The van der Waals surface area contributed by atoms with Crippen LogP contribution >= 0.6 is 0 Å². The number of carbonyl (C=O) groups is 1. The molecule has 4 aromatic heterocycles. The number of fused-ring (bicyclic) bond motifs is 3. The van der Waals surface area contributed by atoms with Gasteiger partial charge in [0.05, 0.1) is 29.0 Å². The molecule has 0 saturated carbocycles. The highest BCUT2D eigenvalue weighted by molar-refractivity contribution is 5.90. The number of hydrogen-bond donors (Lipinski definition) is 1. The van der Waals surface area contributed by atoms with E-state index < -0.39 is 0 Å². The summed E-state index contributed by atoms with van der Waals surface area (Å²) < 4.78 is 2.93. The van der Waals surface area contributed by atoms with Gasteiger partial charge in [-0.1, -0.05) is 0 Å². The molecule has 4 aromatic rings. The smallest absolute Gasteiger partial charge is 0.262 e. The molecule has 24 heavy (non-hydrogen) atoms. The number of rotatable bonds is 3. The molecule has 0 aliphatic rings. The molecule has 0 bridgehead atoms. The molecule has 0 atom stereocenters. The zero-order chi connectivity index (χ0) is 16.5. The van der Waals surface area contributed by atoms with Crippen molar-refractivity contribution in [3.05, 3.63) is 65.6 Å². The van der Waals surface area contributed by atoms with Gasteiger partial charge in [0.15, 0.2) is 5.65 Å². The summed E-state index contributed by atoms with van der Waals surface area (Å²) in [5.41, 5.74) is 1.60. The first kappa shape index (κ1) is 14.1. The van der Waals surface area contributed by atoms with E-state index in [-0.39, 0.29) is 18.0 Å². The van der Waals surface area contributed by atoms with Crippen LogP contribution in [-0.2, 0) is 11.3 Å². The number of aromatic nitrogens is 5. The third-order valence-electron chi connectivity index (χ3n) is 3.62. The van der Waals surface area contributed by atoms with Crippen LogP contribution in [0.4, 0.5) is 5.69 Å². The summed E-state index contributed by atoms with van der Waals surface area (Å²) in [5, 5.41) is 7.26. The second kappa shape index (κ2) is 5.58. The van der Waals surface area contributed by atoms with E-state index in [2.05, 4.69) is 20.4 Å². The van der Waals surface area contributed by atoms with Crippen LogP contribution in [0, 0.1) is 0 Å². The molecule has 118 valence electrons. The Balaban J connectivity index is 1.67. The van der Waals surface area contributed by atoms with Crippen LogP contribution in [0.25, 0.3) is 16.6 Å². The molecule has 0 fully saturated rings. The number of pyridine rings is 2. The van der Waals surface area contributed by atoms with Gasteiger partial charge in [0, 0.05) is 24.7 Å². The highest BCUT2D eigenvalue weighted by atomic mass is 16.2. The Hall–Kier alpha value is -3.55. The molecule has 4 heterocycles. The van der Waals surface area contributed by atoms with Gasteiger partial charge >= 0.3 is 0 Å². The van der Waals surface area contributed by atoms with Crippen LogP contribution in [0.3, 0.4) is 0 Å². The average Bonchev–Trinajstić information content (AvgIpc) is 3.07. The molecule has 0 unspecified atom stereocenters. The molecule has 0 spiro atoms. The largest absolute Gasteiger partial charge is 0.323 e. The van der Waals surface area contributed by atoms with Gasteiger partial charge in [-0.2, -0.15) is 5.10 Å². The van der Waals surface area contributed by atoms with E-state index in [1.165, 1.54) is 10.8 Å². The second-order valence-electron chi connectivity index (χ2n) is 5.20. The first-order valence-corrected chi connectivity index (χ1v) is 7.24. The van der Waals surface area contributed by atoms with Gasteiger partial charge in [0.25, 0.3) is 5.56 Å². The summed E-state index contributed by atoms with van der Waals surface area (Å²) in [5.74, 6) is -0.308. The first-order chi connectivity index (χ1) is 11.7. The van der Waals surface area contributed by atoms with Crippen LogP contribution in [0.5, 0.6) is 0 Å². The zero-order valence-corrected chi connectivity index (χ0v) is 12.5. The lowest BCUT2D eigenvalue weighted by molar-refractivity contribution is -0.116. The standard InChI is InChI=1S/C16H12N6O2/c23-15(20-11-2-1-5-17-8-11)10-21-7-4-13-12(16(21)24)9-18-14-3-6-19-22(13)14/h1-9H,10H2,(H,20,23). The van der Waals surface area contributed by atoms with Gasteiger partial charge in [-0.3, -0.25) is 14.6 Å². The van der Waals surface area contributed by atoms with Crippen molar-refractivity contribution in [2.75, 3.05) is 5.32 Å². The van der Waals surface area contributed by atoms with Gasteiger partial charge in [-0.25, -0.2) is 9.50 Å². The van der Waals surface area contributed by atoms with Gasteiger partial charge in [-0.15, -0.1) is 0 Å². The molecule has 1 amide bonds. The summed E-state index contributed by atoms with van der Waals surface area (Å²) in [7, 11) is 0. The van der Waals surface area contributed by atoms with Gasteiger partial charge in [0.2, 0.25) is 5.91 Å². The van der Waals surface area contributed by atoms with Crippen LogP contribution in [-0.4, -0.2) is 30.1 Å². The zero-order valence-electron chi connectivity index (χ0n) is 12.5. The molecular weight excluding hydrogens is 308 g/mol. The van der Waals surface area contributed by atoms with Crippen LogP contribution < -0.4 is 10.9 Å². The lowest BCUT2D eigenvalue weighted by atomic mass is 10.3. The minimum Gasteiger partial charge on any atom is -0.323 e. The predicted molar refractivity (Wildman–Crippen MR) is 87.6 cm³/mol. The maximum atomic E-state index is 12.6. The Morgan fingerprint density at radius 2 is 2.08 bits per heavy atom. The predicted octanol–water partition coefficient (Wildman–Crippen LogP) is 1.08. The maximum absolute atomic E-state index is 12.6. The fourth-order valence-electron chi connectivity index (χ4n) is 2.52. The quantitative estimate of drug-likeness (QED) is 0.609. The number of amides is 1. The molecule has 8 nitrogen and oxygen atoms in total. The molecule has 0 aliphatic heterocycles. The maximum Gasteiger partial charge on any atom is 0.262 e. The molecular formula is C16H12N6O2. The van der Waals surface area contributed by atoms with Crippen molar-refractivity contribution in [1.29, 1.82) is 0 Å². The van der Waals surface area contributed by atoms with E-state index in [1.54, 1.807) is 53.6 Å². The van der Waals surface area contributed by atoms with E-state index in [1.807, 2.05) is 0 Å². The Bertz CT molecular complexity index is 1100. The van der Waals surface area contributed by atoms with Crippen LogP contribution in [0.2, 0.25) is 0 Å². The number of hydrogen-bond acceptors (Lipinski definition) is 5. The Morgan fingerprint density at radius 1 is 1.17 bits per heavy atom. The van der Waals surface area contributed by atoms with E-state index in [9.17, 15) is 9.59 Å². The minimum atomic E-state index is -0.308. The Labute approximate surface area is 135 Å². The SMILES string of the molecule is O=C(Cn1ccc2c(cnc3ccnn32)c1=O)Nc1cccnc1. The summed E-state index contributed by atoms with van der Waals surface area (Å²) in [6, 6.07) is 6.95. The fourth-order valence-corrected chi connectivity index (χ4v) is 2.52. The van der Waals surface area contributed by atoms with Crippen molar-refractivity contribution in [3.63, 3.8) is 0 Å². The van der Waals surface area contributed by atoms with E-state index in [0.717, 1.165) is 0 Å². The number of anilines is 1. The Kier molecular flexibility index (Phi) is 3.27. The molecule has 4 rings (SSSR count). The van der Waals surface area contributed by atoms with Crippen molar-refractivity contribution < 1.29 is 4.79 Å². The van der Waals surface area contributed by atoms with Crippen molar-refractivity contribution in [2.45, 2.75) is 6.54 Å². The van der Waals surface area contributed by atoms with Crippen molar-refractivity contribution in [3.8, 4) is 0 Å². The molecule has 1 N–H and O–H groups in total. The lowest BCUT2D eigenvalue weighted by Gasteiger charge is -2.08. The molecule has 0 aliphatic carbocycles. The Morgan fingerprint density at radius 3 is 2.92 bits per heavy atom. The molecule has 0 radical (unpaired) electrons. The van der Waals surface area contributed by atoms with Gasteiger partial charge in [0.1, 0.15) is 6.54 Å². The highest BCUT2D eigenvalue weighted by Crippen LogP contribution is 2.10. The van der Waals surface area contributed by atoms with Crippen molar-refractivity contribution in [2.24, 2.45) is 0 Å². The molecule has 8 heteroatoms. The average molecular weight is 320 g/mol. The summed E-state index contributed by atoms with van der Waals surface area (Å²) in [6.07, 6.45) is 7.86. The molecule has 0 aromatic carbocycles. The monoisotopic (exact) mass is 320 g/mol. The number of nitrogens with zero attached hydrogens (tertiary/aromatic N) is 5.